The zero-order valence-corrected chi connectivity index (χ0v) is 18.2. The number of piperidine rings is 2. The smallest absolute Gasteiger partial charge is 0.326 e. The molecule has 2 aliphatic rings. The molecule has 2 aromatic heterocycles. The molecule has 2 fully saturated rings. The number of hydrogen-bond donors (Lipinski definition) is 1. The van der Waals surface area contributed by atoms with Crippen LogP contribution in [0.3, 0.4) is 0 Å². The first-order chi connectivity index (χ1) is 15.7. The Morgan fingerprint density at radius 3 is 2.72 bits per heavy atom. The van der Waals surface area contributed by atoms with Crippen LogP contribution in [0, 0.1) is 0 Å². The van der Waals surface area contributed by atoms with E-state index < -0.39 is 0 Å². The van der Waals surface area contributed by atoms with Crippen LogP contribution in [-0.2, 0) is 0 Å². The van der Waals surface area contributed by atoms with Crippen LogP contribution in [0.5, 0.6) is 5.88 Å². The third-order valence-corrected chi connectivity index (χ3v) is 6.68. The fourth-order valence-electron chi connectivity index (χ4n) is 5.11. The molecule has 2 aliphatic heterocycles. The molecule has 1 amide bonds. The molecule has 32 heavy (non-hydrogen) atoms. The third kappa shape index (κ3) is 3.77. The van der Waals surface area contributed by atoms with Crippen molar-refractivity contribution in [1.29, 1.82) is 0 Å². The van der Waals surface area contributed by atoms with E-state index in [0.717, 1.165) is 56.2 Å². The number of para-hydroxylation sites is 2. The Hall–Kier alpha value is -3.20. The van der Waals surface area contributed by atoms with Crippen LogP contribution >= 0.6 is 0 Å². The summed E-state index contributed by atoms with van der Waals surface area (Å²) < 4.78 is 7.04. The van der Waals surface area contributed by atoms with E-state index in [1.807, 2.05) is 33.7 Å². The van der Waals surface area contributed by atoms with Gasteiger partial charge in [-0.2, -0.15) is 0 Å². The summed E-state index contributed by atoms with van der Waals surface area (Å²) in [6.45, 7) is 2.40. The molecule has 3 aromatic rings. The second-order valence-electron chi connectivity index (χ2n) is 8.51. The van der Waals surface area contributed by atoms with Gasteiger partial charge in [0.25, 0.3) is 5.91 Å². The molecule has 9 heteroatoms. The zero-order chi connectivity index (χ0) is 22.1. The van der Waals surface area contributed by atoms with Crippen LogP contribution in [0.25, 0.3) is 11.0 Å². The maximum Gasteiger partial charge on any atom is 0.326 e. The molecule has 1 aromatic carbocycles. The van der Waals surface area contributed by atoms with Gasteiger partial charge in [0.1, 0.15) is 0 Å². The molecule has 0 radical (unpaired) electrons. The molecule has 1 atom stereocenters. The molecular formula is C23H28N6O3. The van der Waals surface area contributed by atoms with E-state index >= 15 is 0 Å². The van der Waals surface area contributed by atoms with Crippen molar-refractivity contribution < 1.29 is 9.53 Å². The third-order valence-electron chi connectivity index (χ3n) is 6.68. The fourth-order valence-corrected chi connectivity index (χ4v) is 5.11. The number of carbonyl (C=O) groups is 1. The number of ether oxygens (including phenoxy) is 1. The number of likely N-dealkylation sites (tertiary alicyclic amines) is 2. The van der Waals surface area contributed by atoms with E-state index in [1.165, 1.54) is 19.5 Å². The Bertz CT molecular complexity index is 1160. The number of carbonyl (C=O) groups excluding carboxylic acids is 1. The van der Waals surface area contributed by atoms with E-state index in [4.69, 9.17) is 4.74 Å². The first-order valence-corrected chi connectivity index (χ1v) is 11.3. The van der Waals surface area contributed by atoms with E-state index in [-0.39, 0.29) is 23.8 Å². The molecule has 168 valence electrons. The number of fused-ring (bicyclic) bond motifs is 1. The molecule has 0 spiro atoms. The minimum atomic E-state index is -0.101. The molecule has 5 rings (SSSR count). The Balaban J connectivity index is 1.32. The quantitative estimate of drug-likeness (QED) is 0.675. The summed E-state index contributed by atoms with van der Waals surface area (Å²) in [5.74, 6) is 0.241. The fraction of sp³-hybridized carbons (Fsp3) is 0.478. The number of nitrogens with one attached hydrogen (secondary N) is 1. The highest BCUT2D eigenvalue weighted by Gasteiger charge is 2.35. The van der Waals surface area contributed by atoms with E-state index in [9.17, 15) is 9.59 Å². The van der Waals surface area contributed by atoms with Gasteiger partial charge >= 0.3 is 5.69 Å². The van der Waals surface area contributed by atoms with Crippen molar-refractivity contribution >= 4 is 16.9 Å². The van der Waals surface area contributed by atoms with Gasteiger partial charge in [-0.05, 0) is 44.2 Å². The molecule has 4 heterocycles. The van der Waals surface area contributed by atoms with Gasteiger partial charge in [-0.15, -0.1) is 0 Å². The molecule has 0 saturated carbocycles. The summed E-state index contributed by atoms with van der Waals surface area (Å²) in [4.78, 5) is 41.5. The van der Waals surface area contributed by atoms with Crippen LogP contribution in [0.15, 0.2) is 41.5 Å². The van der Waals surface area contributed by atoms with Crippen molar-refractivity contribution in [3.63, 3.8) is 0 Å². The largest absolute Gasteiger partial charge is 0.480 e. The molecule has 2 saturated heterocycles. The van der Waals surface area contributed by atoms with Gasteiger partial charge in [-0.1, -0.05) is 12.1 Å². The predicted molar refractivity (Wildman–Crippen MR) is 120 cm³/mol. The summed E-state index contributed by atoms with van der Waals surface area (Å²) in [6.07, 6.45) is 7.83. The Labute approximate surface area is 186 Å². The lowest BCUT2D eigenvalue weighted by Gasteiger charge is -2.45. The lowest BCUT2D eigenvalue weighted by Crippen LogP contribution is -2.55. The van der Waals surface area contributed by atoms with E-state index in [0.29, 0.717) is 18.1 Å². The average molecular weight is 437 g/mol. The lowest BCUT2D eigenvalue weighted by molar-refractivity contribution is 0.000770. The highest BCUT2D eigenvalue weighted by Crippen LogP contribution is 2.30. The minimum Gasteiger partial charge on any atom is -0.480 e. The van der Waals surface area contributed by atoms with Crippen molar-refractivity contribution in [1.82, 2.24) is 29.3 Å². The van der Waals surface area contributed by atoms with Gasteiger partial charge in [-0.25, -0.2) is 9.78 Å². The minimum absolute atomic E-state index is 0.0456. The number of benzene rings is 1. The summed E-state index contributed by atoms with van der Waals surface area (Å²) in [7, 11) is 1.52. The first kappa shape index (κ1) is 20.7. The summed E-state index contributed by atoms with van der Waals surface area (Å²) in [6, 6.07) is 8.00. The zero-order valence-electron chi connectivity index (χ0n) is 18.2. The van der Waals surface area contributed by atoms with Gasteiger partial charge in [-0.3, -0.25) is 19.2 Å². The number of hydrogen-bond acceptors (Lipinski definition) is 6. The number of H-pyrrole nitrogens is 1. The van der Waals surface area contributed by atoms with Gasteiger partial charge in [0.05, 0.1) is 36.7 Å². The number of amides is 1. The van der Waals surface area contributed by atoms with Crippen LogP contribution in [0.1, 0.15) is 48.6 Å². The summed E-state index contributed by atoms with van der Waals surface area (Å²) in [5.41, 5.74) is 2.11. The topological polar surface area (TPSA) is 96.4 Å². The molecule has 0 bridgehead atoms. The number of imidazole rings is 1. The van der Waals surface area contributed by atoms with E-state index in [1.54, 1.807) is 0 Å². The van der Waals surface area contributed by atoms with Crippen molar-refractivity contribution in [2.45, 2.75) is 44.3 Å². The molecule has 1 N–H and O–H groups in total. The summed E-state index contributed by atoms with van der Waals surface area (Å²) >= 11 is 0. The van der Waals surface area contributed by atoms with Gasteiger partial charge < -0.3 is 14.6 Å². The normalized spacial score (nSPS) is 20.5. The van der Waals surface area contributed by atoms with Gasteiger partial charge in [0, 0.05) is 25.7 Å². The van der Waals surface area contributed by atoms with Crippen LogP contribution in [0.2, 0.25) is 0 Å². The van der Waals surface area contributed by atoms with Crippen LogP contribution in [0.4, 0.5) is 0 Å². The second-order valence-corrected chi connectivity index (χ2v) is 8.51. The van der Waals surface area contributed by atoms with Crippen molar-refractivity contribution in [3.8, 4) is 5.88 Å². The number of methoxy groups -OCH3 is 1. The molecular weight excluding hydrogens is 408 g/mol. The maximum absolute atomic E-state index is 13.3. The average Bonchev–Trinajstić information content (AvgIpc) is 3.19. The predicted octanol–water partition coefficient (Wildman–Crippen LogP) is 2.42. The second kappa shape index (κ2) is 8.74. The molecule has 0 aliphatic carbocycles. The number of nitrogens with zero attached hydrogens (tertiary/aromatic N) is 5. The summed E-state index contributed by atoms with van der Waals surface area (Å²) in [5, 5.41) is 0. The highest BCUT2D eigenvalue weighted by atomic mass is 16.5. The van der Waals surface area contributed by atoms with Crippen molar-refractivity contribution in [2.24, 2.45) is 0 Å². The maximum atomic E-state index is 13.3. The number of rotatable bonds is 4. The van der Waals surface area contributed by atoms with Crippen LogP contribution in [-0.4, -0.2) is 68.1 Å². The van der Waals surface area contributed by atoms with Crippen molar-refractivity contribution in [2.75, 3.05) is 26.7 Å². The van der Waals surface area contributed by atoms with E-state index in [2.05, 4.69) is 19.9 Å². The SMILES string of the molecule is COc1cncc(C(=O)N2CCCCC2N2CCC(n3c(=O)[nH]c4ccccc43)CC2)n1. The standard InChI is InChI=1S/C23H28N6O3/c1-32-20-15-24-14-18(25-20)22(30)28-11-5-4-8-21(28)27-12-9-16(10-13-27)29-19-7-3-2-6-17(19)26-23(29)31/h2-3,6-7,14-16,21H,4-5,8-13H2,1H3,(H,26,31). The first-order valence-electron chi connectivity index (χ1n) is 11.3. The monoisotopic (exact) mass is 436 g/mol. The number of aromatic nitrogens is 4. The number of aromatic amines is 1. The Kier molecular flexibility index (Phi) is 5.65. The molecule has 9 nitrogen and oxygen atoms in total. The van der Waals surface area contributed by atoms with Crippen molar-refractivity contribution in [3.05, 3.63) is 52.8 Å². The Morgan fingerprint density at radius 2 is 1.91 bits per heavy atom. The van der Waals surface area contributed by atoms with Crippen LogP contribution < -0.4 is 10.4 Å². The van der Waals surface area contributed by atoms with Gasteiger partial charge in [0.15, 0.2) is 5.69 Å². The lowest BCUT2D eigenvalue weighted by atomic mass is 10.00. The molecule has 1 unspecified atom stereocenters. The Morgan fingerprint density at radius 1 is 1.09 bits per heavy atom. The van der Waals surface area contributed by atoms with Gasteiger partial charge in [0.2, 0.25) is 5.88 Å². The highest BCUT2D eigenvalue weighted by molar-refractivity contribution is 5.92.